The molecule has 7 heteroatoms. The van der Waals surface area contributed by atoms with Crippen molar-refractivity contribution in [3.8, 4) is 17.4 Å². The zero-order valence-corrected chi connectivity index (χ0v) is 14.0. The molecular weight excluding hydrogens is 328 g/mol. The fourth-order valence-corrected chi connectivity index (χ4v) is 2.66. The third kappa shape index (κ3) is 4.39. The van der Waals surface area contributed by atoms with E-state index in [2.05, 4.69) is 17.1 Å². The van der Waals surface area contributed by atoms with Gasteiger partial charge in [0.15, 0.2) is 5.76 Å². The van der Waals surface area contributed by atoms with E-state index in [-0.39, 0.29) is 6.61 Å². The standard InChI is InChI=1S/C17H18N2O4S/c1-2-12-5-7-14(8-6-12)22-10-13(20)11-24-17-19-18-16(23-17)15-4-3-9-21-15/h3-9,13,20H,2,10-11H2,1H3. The van der Waals surface area contributed by atoms with Crippen LogP contribution in [0.5, 0.6) is 5.75 Å². The number of rotatable bonds is 8. The maximum absolute atomic E-state index is 10.0. The molecule has 0 radical (unpaired) electrons. The predicted octanol–water partition coefficient (Wildman–Crippen LogP) is 3.42. The summed E-state index contributed by atoms with van der Waals surface area (Å²) in [5.74, 6) is 1.99. The summed E-state index contributed by atoms with van der Waals surface area (Å²) < 4.78 is 16.2. The van der Waals surface area contributed by atoms with Gasteiger partial charge < -0.3 is 18.7 Å². The first-order chi connectivity index (χ1) is 11.7. The van der Waals surface area contributed by atoms with Crippen LogP contribution in [0.4, 0.5) is 0 Å². The fraction of sp³-hybridized carbons (Fsp3) is 0.294. The number of aliphatic hydroxyl groups is 1. The molecule has 0 saturated carbocycles. The molecular formula is C17H18N2O4S. The van der Waals surface area contributed by atoms with Crippen LogP contribution in [0.15, 0.2) is 56.7 Å². The van der Waals surface area contributed by atoms with Crippen LogP contribution in [0.1, 0.15) is 12.5 Å². The van der Waals surface area contributed by atoms with Gasteiger partial charge in [-0.3, -0.25) is 0 Å². The molecule has 1 unspecified atom stereocenters. The minimum Gasteiger partial charge on any atom is -0.491 e. The van der Waals surface area contributed by atoms with Gasteiger partial charge in [0.1, 0.15) is 12.4 Å². The van der Waals surface area contributed by atoms with Gasteiger partial charge in [-0.2, -0.15) is 0 Å². The minimum absolute atomic E-state index is 0.206. The average molecular weight is 346 g/mol. The summed E-state index contributed by atoms with van der Waals surface area (Å²) >= 11 is 1.28. The highest BCUT2D eigenvalue weighted by molar-refractivity contribution is 7.99. The summed E-state index contributed by atoms with van der Waals surface area (Å²) in [6.07, 6.45) is 1.89. The van der Waals surface area contributed by atoms with E-state index in [1.54, 1.807) is 18.4 Å². The Balaban J connectivity index is 1.44. The molecule has 0 spiro atoms. The van der Waals surface area contributed by atoms with Gasteiger partial charge in [0.25, 0.3) is 11.1 Å². The molecule has 6 nitrogen and oxygen atoms in total. The number of aromatic nitrogens is 2. The van der Waals surface area contributed by atoms with Crippen molar-refractivity contribution in [3.05, 3.63) is 48.2 Å². The SMILES string of the molecule is CCc1ccc(OCC(O)CSc2nnc(-c3ccco3)o2)cc1. The highest BCUT2D eigenvalue weighted by atomic mass is 32.2. The molecule has 0 aliphatic rings. The van der Waals surface area contributed by atoms with E-state index in [0.717, 1.165) is 12.2 Å². The van der Waals surface area contributed by atoms with Gasteiger partial charge in [-0.25, -0.2) is 0 Å². The molecule has 1 atom stereocenters. The molecule has 0 bridgehead atoms. The van der Waals surface area contributed by atoms with Crippen molar-refractivity contribution >= 4 is 11.8 Å². The second-order valence-electron chi connectivity index (χ2n) is 5.12. The van der Waals surface area contributed by atoms with Gasteiger partial charge >= 0.3 is 0 Å². The summed E-state index contributed by atoms with van der Waals surface area (Å²) in [6, 6.07) is 11.4. The zero-order valence-electron chi connectivity index (χ0n) is 13.2. The quantitative estimate of drug-likeness (QED) is 0.626. The van der Waals surface area contributed by atoms with Crippen molar-refractivity contribution in [1.29, 1.82) is 0 Å². The van der Waals surface area contributed by atoms with Crippen LogP contribution in [0, 0.1) is 0 Å². The summed E-state index contributed by atoms with van der Waals surface area (Å²) in [4.78, 5) is 0. The number of aryl methyl sites for hydroxylation is 1. The Hall–Kier alpha value is -2.25. The Morgan fingerprint density at radius 1 is 1.21 bits per heavy atom. The van der Waals surface area contributed by atoms with Gasteiger partial charge in [0.05, 0.1) is 12.4 Å². The van der Waals surface area contributed by atoms with Gasteiger partial charge in [-0.1, -0.05) is 30.8 Å². The lowest BCUT2D eigenvalue weighted by Gasteiger charge is -2.11. The number of hydrogen-bond donors (Lipinski definition) is 1. The monoisotopic (exact) mass is 346 g/mol. The molecule has 0 aliphatic heterocycles. The zero-order chi connectivity index (χ0) is 16.8. The van der Waals surface area contributed by atoms with Crippen LogP contribution < -0.4 is 4.74 Å². The van der Waals surface area contributed by atoms with Crippen LogP contribution in [-0.2, 0) is 6.42 Å². The Kier molecular flexibility index (Phi) is 5.55. The highest BCUT2D eigenvalue weighted by Gasteiger charge is 2.13. The molecule has 3 aromatic rings. The van der Waals surface area contributed by atoms with E-state index in [9.17, 15) is 5.11 Å². The van der Waals surface area contributed by atoms with Crippen molar-refractivity contribution in [3.63, 3.8) is 0 Å². The molecule has 2 aromatic heterocycles. The van der Waals surface area contributed by atoms with E-state index >= 15 is 0 Å². The van der Waals surface area contributed by atoms with Gasteiger partial charge in [0, 0.05) is 5.75 Å². The predicted molar refractivity (Wildman–Crippen MR) is 90.0 cm³/mol. The number of ether oxygens (including phenoxy) is 1. The smallest absolute Gasteiger partial charge is 0.284 e. The second-order valence-corrected chi connectivity index (χ2v) is 6.10. The number of aliphatic hydroxyl groups excluding tert-OH is 1. The van der Waals surface area contributed by atoms with E-state index in [1.165, 1.54) is 17.3 Å². The lowest BCUT2D eigenvalue weighted by Crippen LogP contribution is -2.20. The summed E-state index contributed by atoms with van der Waals surface area (Å²) in [5, 5.41) is 18.2. The van der Waals surface area contributed by atoms with Crippen LogP contribution in [-0.4, -0.2) is 33.8 Å². The molecule has 0 amide bonds. The van der Waals surface area contributed by atoms with E-state index in [0.29, 0.717) is 22.6 Å². The third-order valence-electron chi connectivity index (χ3n) is 3.31. The highest BCUT2D eigenvalue weighted by Crippen LogP contribution is 2.24. The number of benzene rings is 1. The summed E-state index contributed by atoms with van der Waals surface area (Å²) in [5.41, 5.74) is 1.25. The molecule has 0 saturated heterocycles. The minimum atomic E-state index is -0.639. The second kappa shape index (κ2) is 8.03. The summed E-state index contributed by atoms with van der Waals surface area (Å²) in [6.45, 7) is 2.31. The Bertz CT molecular complexity index is 740. The average Bonchev–Trinajstić information content (AvgIpc) is 3.29. The molecule has 1 N–H and O–H groups in total. The molecule has 126 valence electrons. The maximum atomic E-state index is 10.0. The Morgan fingerprint density at radius 2 is 2.04 bits per heavy atom. The first-order valence-electron chi connectivity index (χ1n) is 7.64. The molecule has 0 fully saturated rings. The molecule has 0 aliphatic carbocycles. The Morgan fingerprint density at radius 3 is 2.75 bits per heavy atom. The number of thioether (sulfide) groups is 1. The van der Waals surface area contributed by atoms with E-state index in [1.807, 2.05) is 24.3 Å². The fourth-order valence-electron chi connectivity index (χ4n) is 2.00. The molecule has 2 heterocycles. The van der Waals surface area contributed by atoms with Crippen LogP contribution in [0.3, 0.4) is 0 Å². The van der Waals surface area contributed by atoms with Crippen LogP contribution in [0.2, 0.25) is 0 Å². The first-order valence-corrected chi connectivity index (χ1v) is 8.63. The molecule has 1 aromatic carbocycles. The molecule has 3 rings (SSSR count). The normalized spacial score (nSPS) is 12.2. The maximum Gasteiger partial charge on any atom is 0.284 e. The van der Waals surface area contributed by atoms with Gasteiger partial charge in [-0.15, -0.1) is 10.2 Å². The lowest BCUT2D eigenvalue weighted by atomic mass is 10.2. The van der Waals surface area contributed by atoms with E-state index in [4.69, 9.17) is 13.6 Å². The Labute approximate surface area is 143 Å². The topological polar surface area (TPSA) is 81.5 Å². The largest absolute Gasteiger partial charge is 0.491 e. The van der Waals surface area contributed by atoms with Crippen molar-refractivity contribution in [2.75, 3.05) is 12.4 Å². The number of nitrogens with zero attached hydrogens (tertiary/aromatic N) is 2. The van der Waals surface area contributed by atoms with Crippen molar-refractivity contribution < 1.29 is 18.7 Å². The molecule has 24 heavy (non-hydrogen) atoms. The van der Waals surface area contributed by atoms with Gasteiger partial charge in [-0.05, 0) is 36.2 Å². The first kappa shape index (κ1) is 16.6. The van der Waals surface area contributed by atoms with Crippen LogP contribution in [0.25, 0.3) is 11.7 Å². The third-order valence-corrected chi connectivity index (χ3v) is 4.27. The van der Waals surface area contributed by atoms with Crippen molar-refractivity contribution in [1.82, 2.24) is 10.2 Å². The lowest BCUT2D eigenvalue weighted by molar-refractivity contribution is 0.126. The van der Waals surface area contributed by atoms with Crippen molar-refractivity contribution in [2.45, 2.75) is 24.7 Å². The number of furan rings is 1. The number of hydrogen-bond acceptors (Lipinski definition) is 7. The van der Waals surface area contributed by atoms with Crippen molar-refractivity contribution in [2.24, 2.45) is 0 Å². The van der Waals surface area contributed by atoms with E-state index < -0.39 is 6.10 Å². The van der Waals surface area contributed by atoms with Gasteiger partial charge in [0.2, 0.25) is 0 Å². The van der Waals surface area contributed by atoms with Crippen LogP contribution >= 0.6 is 11.8 Å². The summed E-state index contributed by atoms with van der Waals surface area (Å²) in [7, 11) is 0.